The van der Waals surface area contributed by atoms with E-state index < -0.39 is 69.1 Å². The van der Waals surface area contributed by atoms with Crippen molar-refractivity contribution in [3.8, 4) is 11.8 Å². The van der Waals surface area contributed by atoms with E-state index in [1.807, 2.05) is 17.0 Å². The number of nitrogens with zero attached hydrogens (tertiary/aromatic N) is 3. The van der Waals surface area contributed by atoms with Crippen molar-refractivity contribution in [2.45, 2.75) is 68.6 Å². The molecule has 5 rings (SSSR count). The van der Waals surface area contributed by atoms with Gasteiger partial charge in [-0.25, -0.2) is 0 Å². The summed E-state index contributed by atoms with van der Waals surface area (Å²) in [5, 5.41) is 48.8. The molecule has 10 N–H and O–H groups in total. The zero-order chi connectivity index (χ0) is 33.2. The number of amides is 1. The highest BCUT2D eigenvalue weighted by atomic mass is 16.3. The molecule has 2 fully saturated rings. The zero-order valence-corrected chi connectivity index (χ0v) is 26.2. The lowest BCUT2D eigenvalue weighted by molar-refractivity contribution is -0.139. The molecule has 1 aromatic carbocycles. The maximum Gasteiger partial charge on any atom is 0.255 e. The van der Waals surface area contributed by atoms with Crippen molar-refractivity contribution >= 4 is 28.9 Å². The minimum Gasteiger partial charge on any atom is -0.509 e. The molecule has 0 heterocycles. The lowest BCUT2D eigenvalue weighted by atomic mass is 9.47. The van der Waals surface area contributed by atoms with Crippen LogP contribution >= 0.6 is 0 Å². The number of fused-ring (bicyclic) bond motifs is 3. The number of aromatic hydroxyl groups is 1. The monoisotopic (exact) mass is 621 g/mol. The Morgan fingerprint density at radius 3 is 2.31 bits per heavy atom. The van der Waals surface area contributed by atoms with Gasteiger partial charge in [-0.1, -0.05) is 19.3 Å². The van der Waals surface area contributed by atoms with Crippen molar-refractivity contribution in [3.63, 3.8) is 0 Å². The first kappa shape index (κ1) is 32.4. The van der Waals surface area contributed by atoms with Gasteiger partial charge in [-0.05, 0) is 63.9 Å². The van der Waals surface area contributed by atoms with Gasteiger partial charge < -0.3 is 42.7 Å². The summed E-state index contributed by atoms with van der Waals surface area (Å²) < 4.78 is 0. The fourth-order valence-corrected chi connectivity index (χ4v) is 8.27. The van der Waals surface area contributed by atoms with Crippen LogP contribution in [0, 0.1) is 22.7 Å². The van der Waals surface area contributed by atoms with Crippen molar-refractivity contribution < 1.29 is 29.7 Å². The zero-order valence-electron chi connectivity index (χ0n) is 26.2. The van der Waals surface area contributed by atoms with Gasteiger partial charge in [0, 0.05) is 31.9 Å². The molecule has 0 aliphatic heterocycles. The van der Waals surface area contributed by atoms with E-state index in [2.05, 4.69) is 5.32 Å². The number of carbonyl (C=O) groups excluding carboxylic acids is 3. The van der Waals surface area contributed by atoms with Gasteiger partial charge in [-0.2, -0.15) is 5.26 Å². The Morgan fingerprint density at radius 2 is 1.76 bits per heavy atom. The number of hydrogen-bond donors (Lipinski definition) is 7. The number of nitrogens with two attached hydrogens (primary N) is 3. The molecule has 242 valence electrons. The number of ketones is 2. The predicted octanol–water partition coefficient (Wildman–Crippen LogP) is 0.641. The van der Waals surface area contributed by atoms with Crippen molar-refractivity contribution in [1.82, 2.24) is 10.2 Å². The van der Waals surface area contributed by atoms with E-state index in [0.29, 0.717) is 29.3 Å². The summed E-state index contributed by atoms with van der Waals surface area (Å²) in [5.74, 6) is -4.96. The van der Waals surface area contributed by atoms with Gasteiger partial charge in [0.15, 0.2) is 17.0 Å². The molecule has 13 nitrogen and oxygen atoms in total. The second-order valence-electron chi connectivity index (χ2n) is 13.6. The molecule has 13 heteroatoms. The van der Waals surface area contributed by atoms with Crippen molar-refractivity contribution in [3.05, 3.63) is 39.7 Å². The molecule has 2 saturated carbocycles. The van der Waals surface area contributed by atoms with Gasteiger partial charge >= 0.3 is 0 Å². The summed E-state index contributed by atoms with van der Waals surface area (Å²) in [5.41, 5.74) is 13.1. The summed E-state index contributed by atoms with van der Waals surface area (Å²) in [6.07, 6.45) is 5.41. The van der Waals surface area contributed by atoms with Crippen molar-refractivity contribution in [2.24, 2.45) is 28.5 Å². The topological polar surface area (TPSA) is 232 Å². The molecular formula is C32H43N7O6. The van der Waals surface area contributed by atoms with Crippen LogP contribution in [-0.4, -0.2) is 89.5 Å². The molecule has 0 aromatic heterocycles. The van der Waals surface area contributed by atoms with E-state index in [4.69, 9.17) is 17.2 Å². The number of benzene rings is 1. The summed E-state index contributed by atoms with van der Waals surface area (Å²) in [6.45, 7) is 1.07. The van der Waals surface area contributed by atoms with Crippen molar-refractivity contribution in [1.29, 1.82) is 5.26 Å². The first-order valence-electron chi connectivity index (χ1n) is 15.2. The predicted molar refractivity (Wildman–Crippen MR) is 167 cm³/mol. The number of Topliss-reactive ketones (excluding diaryl/α,β-unsaturated/α-hetero) is 2. The molecule has 1 aromatic rings. The van der Waals surface area contributed by atoms with Crippen LogP contribution in [0.3, 0.4) is 0 Å². The van der Waals surface area contributed by atoms with Crippen LogP contribution in [0.4, 0.5) is 5.69 Å². The summed E-state index contributed by atoms with van der Waals surface area (Å²) >= 11 is 0. The first-order chi connectivity index (χ1) is 21.1. The minimum absolute atomic E-state index is 0.00709. The fraction of sp³-hybridized carbons (Fsp3) is 0.562. The molecule has 0 bridgehead atoms. The van der Waals surface area contributed by atoms with Crippen LogP contribution in [0.5, 0.6) is 5.75 Å². The lowest BCUT2D eigenvalue weighted by Crippen LogP contribution is -2.80. The van der Waals surface area contributed by atoms with Gasteiger partial charge in [0.25, 0.3) is 5.91 Å². The summed E-state index contributed by atoms with van der Waals surface area (Å²) in [4.78, 5) is 43.8. The quantitative estimate of drug-likeness (QED) is 0.208. The lowest BCUT2D eigenvalue weighted by Gasteiger charge is -2.58. The maximum atomic E-state index is 14.6. The fourth-order valence-electron chi connectivity index (χ4n) is 8.27. The number of primary amides is 1. The molecule has 0 radical (unpaired) electrons. The van der Waals surface area contributed by atoms with Crippen LogP contribution in [-0.2, 0) is 27.3 Å². The Balaban J connectivity index is 1.70. The number of hydrogen-bond acceptors (Lipinski definition) is 12. The third-order valence-corrected chi connectivity index (χ3v) is 10.3. The van der Waals surface area contributed by atoms with Crippen LogP contribution < -0.4 is 27.4 Å². The number of anilines is 1. The number of aliphatic hydroxyl groups is 2. The molecule has 0 saturated heterocycles. The number of nitriles is 1. The second kappa shape index (κ2) is 11.1. The van der Waals surface area contributed by atoms with E-state index in [0.717, 1.165) is 19.4 Å². The van der Waals surface area contributed by atoms with Crippen LogP contribution in [0.15, 0.2) is 23.0 Å². The Kier molecular flexibility index (Phi) is 8.02. The third-order valence-electron chi connectivity index (χ3n) is 10.3. The van der Waals surface area contributed by atoms with Crippen LogP contribution in [0.25, 0.3) is 5.76 Å². The number of rotatable bonds is 7. The number of aliphatic hydroxyl groups excluding tert-OH is 2. The molecule has 45 heavy (non-hydrogen) atoms. The van der Waals surface area contributed by atoms with Crippen molar-refractivity contribution in [2.75, 3.05) is 39.6 Å². The van der Waals surface area contributed by atoms with Crippen LogP contribution in [0.2, 0.25) is 0 Å². The number of likely N-dealkylation sites (N-methyl/N-ethyl adjacent to an activating group) is 1. The number of phenols is 1. The summed E-state index contributed by atoms with van der Waals surface area (Å²) in [7, 11) is 6.58. The Morgan fingerprint density at radius 1 is 1.11 bits per heavy atom. The molecule has 0 spiro atoms. The Bertz CT molecular complexity index is 1590. The Hall–Kier alpha value is -3.96. The van der Waals surface area contributed by atoms with E-state index >= 15 is 0 Å². The third kappa shape index (κ3) is 4.53. The number of carbonyl (C=O) groups is 3. The van der Waals surface area contributed by atoms with Gasteiger partial charge in [0.2, 0.25) is 0 Å². The van der Waals surface area contributed by atoms with E-state index in [1.54, 1.807) is 14.1 Å². The molecule has 4 aliphatic rings. The van der Waals surface area contributed by atoms with E-state index in [9.17, 15) is 35.0 Å². The normalized spacial score (nSPS) is 30.1. The molecule has 4 atom stereocenters. The van der Waals surface area contributed by atoms with Gasteiger partial charge in [-0.15, -0.1) is 0 Å². The molecule has 4 aliphatic carbocycles. The molecular weight excluding hydrogens is 578 g/mol. The largest absolute Gasteiger partial charge is 0.509 e. The van der Waals surface area contributed by atoms with Gasteiger partial charge in [0.1, 0.15) is 22.8 Å². The first-order valence-corrected chi connectivity index (χ1v) is 15.2. The average Bonchev–Trinajstić information content (AvgIpc) is 2.93. The van der Waals surface area contributed by atoms with Gasteiger partial charge in [0.05, 0.1) is 34.3 Å². The van der Waals surface area contributed by atoms with E-state index in [-0.39, 0.29) is 17.7 Å². The number of phenolic OH excluding ortho intramolecular Hbond substituents is 1. The molecule has 0 unspecified atom stereocenters. The highest BCUT2D eigenvalue weighted by molar-refractivity contribution is 6.25. The average molecular weight is 622 g/mol. The standard InChI is InChI=1S/C32H43N7O6/c1-38(2)19-10-17(13-37-12-16-8-6-5-7-9-16)23(40)20-18(19)11-30(35)14-32(36)26(39(3)4)25(42)21(29(34)45)27(43)31(32,15-33)28(44)22(30)24(20)41/h10,16,26,37,40-41,43H,5-9,11-14,35-36H2,1-4H3,(H2,34,45)/t26-,30-,31+,32-/m1/s1. The molecule has 1 amide bonds. The second-order valence-corrected chi connectivity index (χ2v) is 13.6. The Labute approximate surface area is 262 Å². The van der Waals surface area contributed by atoms with Gasteiger partial charge in [-0.3, -0.25) is 19.3 Å². The van der Waals surface area contributed by atoms with E-state index in [1.165, 1.54) is 38.3 Å². The smallest absolute Gasteiger partial charge is 0.255 e. The summed E-state index contributed by atoms with van der Waals surface area (Å²) in [6, 6.07) is 2.17. The minimum atomic E-state index is -2.69. The van der Waals surface area contributed by atoms with Crippen LogP contribution in [0.1, 0.15) is 55.2 Å². The number of nitrogens with one attached hydrogen (secondary N) is 1. The highest BCUT2D eigenvalue weighted by Gasteiger charge is 2.74. The highest BCUT2D eigenvalue weighted by Crippen LogP contribution is 2.59. The SMILES string of the molecule is CN(C)c1cc(CNCC2CCCCC2)c(O)c2c1C[C@@]1(N)C[C@@]3(N)[C@H](N(C)C)C(=O)C(C(N)=O)=C(O)[C@@]3(C#N)C(=O)C1=C2O. The maximum absolute atomic E-state index is 14.6.